The molecule has 1 amide bonds. The maximum absolute atomic E-state index is 12.6. The molecule has 0 fully saturated rings. The van der Waals surface area contributed by atoms with Gasteiger partial charge in [-0.2, -0.15) is 9.97 Å². The molecule has 0 radical (unpaired) electrons. The van der Waals surface area contributed by atoms with Crippen molar-refractivity contribution in [3.05, 3.63) is 58.2 Å². The van der Waals surface area contributed by atoms with E-state index in [9.17, 15) is 14.9 Å². The number of nitro groups is 1. The molecule has 1 aromatic carbocycles. The van der Waals surface area contributed by atoms with Crippen molar-refractivity contribution in [2.24, 2.45) is 0 Å². The lowest BCUT2D eigenvalue weighted by Crippen LogP contribution is -2.33. The van der Waals surface area contributed by atoms with Crippen LogP contribution in [0.15, 0.2) is 42.1 Å². The zero-order valence-electron chi connectivity index (χ0n) is 17.6. The molecular weight excluding hydrogens is 406 g/mol. The predicted molar refractivity (Wildman–Crippen MR) is 120 cm³/mol. The van der Waals surface area contributed by atoms with Crippen molar-refractivity contribution in [1.29, 1.82) is 0 Å². The maximum atomic E-state index is 12.6. The number of nitrogens with two attached hydrogens (primary N) is 1. The fraction of sp³-hybridized carbons (Fsp3) is 0.350. The summed E-state index contributed by atoms with van der Waals surface area (Å²) in [6, 6.07) is 7.47. The first-order chi connectivity index (χ1) is 14.4. The van der Waals surface area contributed by atoms with E-state index in [-0.39, 0.29) is 29.9 Å². The standard InChI is InChI=1S/C18H21N5O4S.C2H6/c1-4-7-12-8-6-9-13(10-12)11-22(18(24)27-5-2)16-14(23(25)26)15(19)20-17(21-16)28-3;1-2/h4,6,8-10H,1,5,7,11H2,2-3H3,(H2,19,20,21);1-2H3. The lowest BCUT2D eigenvalue weighted by atomic mass is 10.1. The summed E-state index contributed by atoms with van der Waals surface area (Å²) in [5.74, 6) is -0.511. The summed E-state index contributed by atoms with van der Waals surface area (Å²) in [6.07, 6.45) is 3.37. The van der Waals surface area contributed by atoms with Crippen LogP contribution in [0.5, 0.6) is 0 Å². The molecule has 0 bridgehead atoms. The molecule has 2 rings (SSSR count). The van der Waals surface area contributed by atoms with E-state index < -0.39 is 16.7 Å². The number of nitrogens with zero attached hydrogens (tertiary/aromatic N) is 4. The predicted octanol–water partition coefficient (Wildman–Crippen LogP) is 4.61. The van der Waals surface area contributed by atoms with Crippen LogP contribution in [0.25, 0.3) is 0 Å². The Morgan fingerprint density at radius 1 is 1.37 bits per heavy atom. The van der Waals surface area contributed by atoms with Gasteiger partial charge in [0.2, 0.25) is 11.6 Å². The van der Waals surface area contributed by atoms with Gasteiger partial charge in [-0.15, -0.1) is 6.58 Å². The second-order valence-electron chi connectivity index (χ2n) is 5.62. The van der Waals surface area contributed by atoms with Gasteiger partial charge in [0, 0.05) is 0 Å². The first kappa shape index (κ1) is 24.9. The van der Waals surface area contributed by atoms with Crippen molar-refractivity contribution in [2.75, 3.05) is 23.5 Å². The lowest BCUT2D eigenvalue weighted by Gasteiger charge is -2.21. The van der Waals surface area contributed by atoms with E-state index in [1.165, 1.54) is 0 Å². The number of benzene rings is 1. The molecule has 0 atom stereocenters. The van der Waals surface area contributed by atoms with E-state index in [2.05, 4.69) is 16.5 Å². The lowest BCUT2D eigenvalue weighted by molar-refractivity contribution is -0.383. The van der Waals surface area contributed by atoms with Crippen molar-refractivity contribution < 1.29 is 14.5 Å². The van der Waals surface area contributed by atoms with Gasteiger partial charge in [0.1, 0.15) is 0 Å². The monoisotopic (exact) mass is 433 g/mol. The summed E-state index contributed by atoms with van der Waals surface area (Å²) >= 11 is 1.16. The average Bonchev–Trinajstić information content (AvgIpc) is 2.73. The van der Waals surface area contributed by atoms with Crippen LogP contribution in [0.3, 0.4) is 0 Å². The highest BCUT2D eigenvalue weighted by Crippen LogP contribution is 2.34. The number of hydrogen-bond donors (Lipinski definition) is 1. The number of anilines is 2. The minimum atomic E-state index is -0.759. The molecule has 9 nitrogen and oxygen atoms in total. The minimum Gasteiger partial charge on any atom is -0.449 e. The third-order valence-corrected chi connectivity index (χ3v) is 4.24. The zero-order chi connectivity index (χ0) is 22.7. The van der Waals surface area contributed by atoms with Gasteiger partial charge in [0.15, 0.2) is 5.16 Å². The number of carbonyl (C=O) groups is 1. The highest BCUT2D eigenvalue weighted by molar-refractivity contribution is 7.98. The molecule has 0 saturated carbocycles. The molecule has 10 heteroatoms. The van der Waals surface area contributed by atoms with Gasteiger partial charge < -0.3 is 10.5 Å². The first-order valence-electron chi connectivity index (χ1n) is 9.40. The molecule has 0 spiro atoms. The van der Waals surface area contributed by atoms with E-state index in [1.54, 1.807) is 19.3 Å². The van der Waals surface area contributed by atoms with Crippen LogP contribution in [0, 0.1) is 10.1 Å². The Morgan fingerprint density at radius 2 is 2.03 bits per heavy atom. The molecule has 162 valence electrons. The van der Waals surface area contributed by atoms with Crippen molar-refractivity contribution in [2.45, 2.75) is 38.9 Å². The Kier molecular flexibility index (Phi) is 10.3. The molecule has 0 aliphatic rings. The van der Waals surface area contributed by atoms with Crippen molar-refractivity contribution in [3.8, 4) is 0 Å². The molecule has 30 heavy (non-hydrogen) atoms. The van der Waals surface area contributed by atoms with Gasteiger partial charge in [0.25, 0.3) is 0 Å². The van der Waals surface area contributed by atoms with Gasteiger partial charge in [0.05, 0.1) is 18.1 Å². The summed E-state index contributed by atoms with van der Waals surface area (Å²) in [6.45, 7) is 9.49. The Balaban J connectivity index is 0.00000218. The van der Waals surface area contributed by atoms with Crippen LogP contribution in [0.2, 0.25) is 0 Å². The SMILES string of the molecule is C=CCc1cccc(CN(C(=O)OCC)c2nc(SC)nc(N)c2[N+](=O)[O-])c1.CC. The fourth-order valence-electron chi connectivity index (χ4n) is 2.53. The molecule has 0 saturated heterocycles. The molecule has 1 aromatic heterocycles. The third-order valence-electron chi connectivity index (χ3n) is 3.69. The molecule has 0 unspecified atom stereocenters. The van der Waals surface area contributed by atoms with Gasteiger partial charge >= 0.3 is 11.8 Å². The average molecular weight is 434 g/mol. The Hall–Kier alpha value is -3.14. The summed E-state index contributed by atoms with van der Waals surface area (Å²) in [4.78, 5) is 32.6. The number of thioether (sulfide) groups is 1. The van der Waals surface area contributed by atoms with Gasteiger partial charge in [-0.1, -0.05) is 56.0 Å². The van der Waals surface area contributed by atoms with Crippen molar-refractivity contribution in [1.82, 2.24) is 9.97 Å². The second kappa shape index (κ2) is 12.4. The highest BCUT2D eigenvalue weighted by atomic mass is 32.2. The number of nitrogen functional groups attached to an aromatic ring is 1. The van der Waals surface area contributed by atoms with Crippen LogP contribution < -0.4 is 10.6 Å². The van der Waals surface area contributed by atoms with Crippen LogP contribution in [-0.2, 0) is 17.7 Å². The van der Waals surface area contributed by atoms with E-state index in [1.807, 2.05) is 38.1 Å². The Morgan fingerprint density at radius 3 is 2.60 bits per heavy atom. The highest BCUT2D eigenvalue weighted by Gasteiger charge is 2.31. The molecular formula is C20H27N5O4S. The summed E-state index contributed by atoms with van der Waals surface area (Å²) in [7, 11) is 0. The van der Waals surface area contributed by atoms with Crippen LogP contribution in [-0.4, -0.2) is 33.8 Å². The smallest absolute Gasteiger partial charge is 0.415 e. The quantitative estimate of drug-likeness (QED) is 0.210. The van der Waals surface area contributed by atoms with E-state index in [4.69, 9.17) is 10.5 Å². The van der Waals surface area contributed by atoms with Gasteiger partial charge in [-0.25, -0.2) is 4.79 Å². The summed E-state index contributed by atoms with van der Waals surface area (Å²) < 4.78 is 5.10. The Bertz CT molecular complexity index is 891. The second-order valence-corrected chi connectivity index (χ2v) is 6.40. The molecule has 1 heterocycles. The summed E-state index contributed by atoms with van der Waals surface area (Å²) in [5, 5.41) is 11.8. The van der Waals surface area contributed by atoms with Gasteiger partial charge in [-0.05, 0) is 30.7 Å². The van der Waals surface area contributed by atoms with E-state index >= 15 is 0 Å². The largest absolute Gasteiger partial charge is 0.449 e. The van der Waals surface area contributed by atoms with Crippen molar-refractivity contribution in [3.63, 3.8) is 0 Å². The maximum Gasteiger partial charge on any atom is 0.415 e. The molecule has 0 aliphatic heterocycles. The number of aromatic nitrogens is 2. The minimum absolute atomic E-state index is 0.0227. The van der Waals surface area contributed by atoms with Gasteiger partial charge in [-0.3, -0.25) is 15.0 Å². The molecule has 2 N–H and O–H groups in total. The van der Waals surface area contributed by atoms with Crippen molar-refractivity contribution >= 4 is 35.2 Å². The normalized spacial score (nSPS) is 9.87. The molecule has 0 aliphatic carbocycles. The number of allylic oxidation sites excluding steroid dienone is 1. The number of carbonyl (C=O) groups excluding carboxylic acids is 1. The fourth-order valence-corrected chi connectivity index (χ4v) is 2.89. The van der Waals surface area contributed by atoms with E-state index in [0.29, 0.717) is 6.42 Å². The zero-order valence-corrected chi connectivity index (χ0v) is 18.4. The Labute approximate surface area is 180 Å². The van der Waals surface area contributed by atoms with Crippen LogP contribution >= 0.6 is 11.8 Å². The van der Waals surface area contributed by atoms with Crippen LogP contribution in [0.4, 0.5) is 22.1 Å². The topological polar surface area (TPSA) is 124 Å². The number of rotatable bonds is 8. The number of ether oxygens (including phenoxy) is 1. The third kappa shape index (κ3) is 6.45. The number of hydrogen-bond acceptors (Lipinski definition) is 8. The first-order valence-corrected chi connectivity index (χ1v) is 10.6. The molecule has 2 aromatic rings. The number of amides is 1. The van der Waals surface area contributed by atoms with E-state index in [0.717, 1.165) is 27.8 Å². The summed E-state index contributed by atoms with van der Waals surface area (Å²) in [5.41, 5.74) is 6.99. The van der Waals surface area contributed by atoms with Crippen LogP contribution in [0.1, 0.15) is 31.9 Å².